The van der Waals surface area contributed by atoms with E-state index in [1.807, 2.05) is 18.2 Å². The van der Waals surface area contributed by atoms with E-state index in [4.69, 9.17) is 16.3 Å². The first-order valence-electron chi connectivity index (χ1n) is 7.22. The Balaban J connectivity index is 2.14. The van der Waals surface area contributed by atoms with E-state index in [2.05, 4.69) is 25.2 Å². The third-order valence-corrected chi connectivity index (χ3v) is 3.70. The highest BCUT2D eigenvalue weighted by molar-refractivity contribution is 6.30. The minimum atomic E-state index is -0.0753. The zero-order chi connectivity index (χ0) is 16.1. The van der Waals surface area contributed by atoms with Crippen molar-refractivity contribution in [2.75, 3.05) is 12.4 Å². The Morgan fingerprint density at radius 3 is 2.64 bits per heavy atom. The molecule has 0 spiro atoms. The first kappa shape index (κ1) is 16.4. The predicted molar refractivity (Wildman–Crippen MR) is 90.9 cm³/mol. The molecule has 0 bridgehead atoms. The normalized spacial score (nSPS) is 10.6. The maximum absolute atomic E-state index is 12.3. The standard InChI is InChI=1S/C18H20ClNO2/c1-12(2)15-7-5-4-6-13(15)10-18(21)20-16-9-8-14(19)11-17(16)22-3/h4-9,11-12H,10H2,1-3H3,(H,20,21). The van der Waals surface area contributed by atoms with Gasteiger partial charge in [0.2, 0.25) is 5.91 Å². The average Bonchev–Trinajstić information content (AvgIpc) is 2.49. The zero-order valence-electron chi connectivity index (χ0n) is 13.0. The van der Waals surface area contributed by atoms with Crippen molar-refractivity contribution in [1.82, 2.24) is 0 Å². The molecule has 0 unspecified atom stereocenters. The van der Waals surface area contributed by atoms with E-state index in [0.717, 1.165) is 5.56 Å². The van der Waals surface area contributed by atoms with E-state index in [0.29, 0.717) is 28.8 Å². The van der Waals surface area contributed by atoms with Crippen molar-refractivity contribution in [2.24, 2.45) is 0 Å². The van der Waals surface area contributed by atoms with Crippen LogP contribution in [0.25, 0.3) is 0 Å². The van der Waals surface area contributed by atoms with Gasteiger partial charge in [0.15, 0.2) is 0 Å². The lowest BCUT2D eigenvalue weighted by atomic mass is 9.95. The summed E-state index contributed by atoms with van der Waals surface area (Å²) in [6, 6.07) is 13.2. The van der Waals surface area contributed by atoms with Crippen molar-refractivity contribution in [2.45, 2.75) is 26.2 Å². The molecule has 2 aromatic rings. The predicted octanol–water partition coefficient (Wildman–Crippen LogP) is 4.65. The summed E-state index contributed by atoms with van der Waals surface area (Å²) in [6.07, 6.45) is 0.333. The second-order valence-corrected chi connectivity index (χ2v) is 5.86. The lowest BCUT2D eigenvalue weighted by molar-refractivity contribution is -0.115. The second kappa shape index (κ2) is 7.32. The molecule has 2 aromatic carbocycles. The summed E-state index contributed by atoms with van der Waals surface area (Å²) in [4.78, 5) is 12.3. The van der Waals surface area contributed by atoms with Crippen molar-refractivity contribution in [3.63, 3.8) is 0 Å². The highest BCUT2D eigenvalue weighted by Gasteiger charge is 2.12. The van der Waals surface area contributed by atoms with E-state index >= 15 is 0 Å². The number of nitrogens with one attached hydrogen (secondary N) is 1. The van der Waals surface area contributed by atoms with Gasteiger partial charge in [-0.3, -0.25) is 4.79 Å². The van der Waals surface area contributed by atoms with Crippen molar-refractivity contribution >= 4 is 23.2 Å². The topological polar surface area (TPSA) is 38.3 Å². The summed E-state index contributed by atoms with van der Waals surface area (Å²) in [5.41, 5.74) is 2.86. The molecule has 2 rings (SSSR count). The van der Waals surface area contributed by atoms with Crippen LogP contribution in [0.5, 0.6) is 5.75 Å². The molecule has 0 radical (unpaired) electrons. The van der Waals surface area contributed by atoms with Gasteiger partial charge in [0.05, 0.1) is 19.2 Å². The van der Waals surface area contributed by atoms with Crippen molar-refractivity contribution in [3.8, 4) is 5.75 Å². The number of benzene rings is 2. The number of rotatable bonds is 5. The fraction of sp³-hybridized carbons (Fsp3) is 0.278. The van der Waals surface area contributed by atoms with Gasteiger partial charge >= 0.3 is 0 Å². The Labute approximate surface area is 136 Å². The van der Waals surface area contributed by atoms with Gasteiger partial charge < -0.3 is 10.1 Å². The number of ether oxygens (including phenoxy) is 1. The minimum Gasteiger partial charge on any atom is -0.495 e. The van der Waals surface area contributed by atoms with Crippen LogP contribution in [-0.2, 0) is 11.2 Å². The highest BCUT2D eigenvalue weighted by atomic mass is 35.5. The summed E-state index contributed by atoms with van der Waals surface area (Å²) in [6.45, 7) is 4.25. The van der Waals surface area contributed by atoms with Gasteiger partial charge in [0, 0.05) is 11.1 Å². The second-order valence-electron chi connectivity index (χ2n) is 5.42. The van der Waals surface area contributed by atoms with Crippen LogP contribution in [0.15, 0.2) is 42.5 Å². The maximum Gasteiger partial charge on any atom is 0.228 e. The molecule has 116 valence electrons. The third-order valence-electron chi connectivity index (χ3n) is 3.47. The van der Waals surface area contributed by atoms with Crippen LogP contribution in [0.4, 0.5) is 5.69 Å². The third kappa shape index (κ3) is 4.01. The van der Waals surface area contributed by atoms with Gasteiger partial charge in [-0.05, 0) is 29.2 Å². The number of carbonyl (C=O) groups excluding carboxylic acids is 1. The van der Waals surface area contributed by atoms with Gasteiger partial charge in [-0.2, -0.15) is 0 Å². The molecule has 0 aromatic heterocycles. The smallest absolute Gasteiger partial charge is 0.228 e. The van der Waals surface area contributed by atoms with Gasteiger partial charge in [-0.25, -0.2) is 0 Å². The molecule has 1 N–H and O–H groups in total. The van der Waals surface area contributed by atoms with E-state index in [1.54, 1.807) is 25.3 Å². The van der Waals surface area contributed by atoms with Crippen molar-refractivity contribution in [1.29, 1.82) is 0 Å². The lowest BCUT2D eigenvalue weighted by Gasteiger charge is -2.14. The molecule has 4 heteroatoms. The Kier molecular flexibility index (Phi) is 5.45. The molecule has 0 aliphatic heterocycles. The molecule has 0 saturated heterocycles. The fourth-order valence-corrected chi connectivity index (χ4v) is 2.56. The molecule has 0 aliphatic carbocycles. The summed E-state index contributed by atoms with van der Waals surface area (Å²) < 4.78 is 5.24. The first-order chi connectivity index (χ1) is 10.5. The van der Waals surface area contributed by atoms with Gasteiger partial charge in [-0.1, -0.05) is 49.7 Å². The Morgan fingerprint density at radius 1 is 1.23 bits per heavy atom. The Hall–Kier alpha value is -2.00. The number of methoxy groups -OCH3 is 1. The minimum absolute atomic E-state index is 0.0753. The number of amides is 1. The summed E-state index contributed by atoms with van der Waals surface area (Å²) in [7, 11) is 1.55. The maximum atomic E-state index is 12.3. The average molecular weight is 318 g/mol. The van der Waals surface area contributed by atoms with E-state index in [1.165, 1.54) is 5.56 Å². The lowest BCUT2D eigenvalue weighted by Crippen LogP contribution is -2.16. The summed E-state index contributed by atoms with van der Waals surface area (Å²) >= 11 is 5.92. The zero-order valence-corrected chi connectivity index (χ0v) is 13.8. The molecule has 0 heterocycles. The fourth-order valence-electron chi connectivity index (χ4n) is 2.39. The van der Waals surface area contributed by atoms with Crippen molar-refractivity contribution in [3.05, 3.63) is 58.6 Å². The van der Waals surface area contributed by atoms with E-state index in [9.17, 15) is 4.79 Å². The molecule has 1 amide bonds. The largest absolute Gasteiger partial charge is 0.495 e. The van der Waals surface area contributed by atoms with Crippen LogP contribution in [0.3, 0.4) is 0 Å². The SMILES string of the molecule is COc1cc(Cl)ccc1NC(=O)Cc1ccccc1C(C)C. The molecular weight excluding hydrogens is 298 g/mol. The summed E-state index contributed by atoms with van der Waals surface area (Å²) in [5, 5.41) is 3.45. The molecule has 0 aliphatic rings. The molecule has 3 nitrogen and oxygen atoms in total. The number of carbonyl (C=O) groups is 1. The van der Waals surface area contributed by atoms with Crippen LogP contribution in [-0.4, -0.2) is 13.0 Å². The quantitative estimate of drug-likeness (QED) is 0.871. The van der Waals surface area contributed by atoms with Crippen LogP contribution >= 0.6 is 11.6 Å². The number of halogens is 1. The molecule has 0 atom stereocenters. The number of anilines is 1. The van der Waals surface area contributed by atoms with Crippen LogP contribution in [0.1, 0.15) is 30.9 Å². The van der Waals surface area contributed by atoms with Crippen LogP contribution in [0.2, 0.25) is 5.02 Å². The molecule has 22 heavy (non-hydrogen) atoms. The summed E-state index contributed by atoms with van der Waals surface area (Å²) in [5.74, 6) is 0.862. The molecular formula is C18H20ClNO2. The Morgan fingerprint density at radius 2 is 1.95 bits per heavy atom. The van der Waals surface area contributed by atoms with Gasteiger partial charge in [-0.15, -0.1) is 0 Å². The molecule has 0 fully saturated rings. The van der Waals surface area contributed by atoms with Gasteiger partial charge in [0.1, 0.15) is 5.75 Å². The monoisotopic (exact) mass is 317 g/mol. The number of hydrogen-bond acceptors (Lipinski definition) is 2. The van der Waals surface area contributed by atoms with Gasteiger partial charge in [0.25, 0.3) is 0 Å². The highest BCUT2D eigenvalue weighted by Crippen LogP contribution is 2.28. The van der Waals surface area contributed by atoms with Crippen molar-refractivity contribution < 1.29 is 9.53 Å². The number of hydrogen-bond donors (Lipinski definition) is 1. The molecule has 0 saturated carbocycles. The van der Waals surface area contributed by atoms with E-state index in [-0.39, 0.29) is 5.91 Å². The van der Waals surface area contributed by atoms with Crippen LogP contribution in [0, 0.1) is 0 Å². The van der Waals surface area contributed by atoms with E-state index < -0.39 is 0 Å². The Bertz CT molecular complexity index is 668. The first-order valence-corrected chi connectivity index (χ1v) is 7.60. The van der Waals surface area contributed by atoms with Crippen LogP contribution < -0.4 is 10.1 Å².